The van der Waals surface area contributed by atoms with Gasteiger partial charge in [0.1, 0.15) is 12.7 Å². The van der Waals surface area contributed by atoms with Crippen molar-refractivity contribution in [2.24, 2.45) is 5.92 Å². The third kappa shape index (κ3) is 2.17. The third-order valence-electron chi connectivity index (χ3n) is 1.43. The van der Waals surface area contributed by atoms with Crippen molar-refractivity contribution in [2.45, 2.75) is 26.8 Å². The normalized spacial score (nSPS) is 10.7. The Hall–Kier alpha value is -0.860. The van der Waals surface area contributed by atoms with Crippen molar-refractivity contribution in [3.8, 4) is 0 Å². The van der Waals surface area contributed by atoms with Crippen molar-refractivity contribution < 1.29 is 0 Å². The molecule has 1 rings (SSSR count). The predicted octanol–water partition coefficient (Wildman–Crippen LogP) is 1.32. The second kappa shape index (κ2) is 3.34. The molecular weight excluding hydrogens is 126 g/mol. The Bertz CT molecular complexity index is 167. The van der Waals surface area contributed by atoms with Crippen LogP contribution in [-0.2, 0) is 6.54 Å². The van der Waals surface area contributed by atoms with Gasteiger partial charge in [0.2, 0.25) is 0 Å². The molecule has 0 saturated heterocycles. The average molecular weight is 139 g/mol. The van der Waals surface area contributed by atoms with Crippen molar-refractivity contribution in [1.29, 1.82) is 0 Å². The molecule has 0 atom stereocenters. The van der Waals surface area contributed by atoms with Crippen LogP contribution in [0.5, 0.6) is 0 Å². The first-order chi connectivity index (χ1) is 4.79. The van der Waals surface area contributed by atoms with Gasteiger partial charge in [0, 0.05) is 6.54 Å². The first-order valence-corrected chi connectivity index (χ1v) is 3.61. The van der Waals surface area contributed by atoms with Gasteiger partial charge in [0.05, 0.1) is 0 Å². The minimum Gasteiger partial charge on any atom is -0.320 e. The fourth-order valence-electron chi connectivity index (χ4n) is 0.745. The van der Waals surface area contributed by atoms with Gasteiger partial charge in [-0.3, -0.25) is 0 Å². The van der Waals surface area contributed by atoms with Crippen molar-refractivity contribution in [2.75, 3.05) is 0 Å². The SMILES string of the molecule is CC(C)CCn1cnnc1. The van der Waals surface area contributed by atoms with Crippen molar-refractivity contribution in [3.05, 3.63) is 12.7 Å². The standard InChI is InChI=1S/C7H13N3/c1-7(2)3-4-10-5-8-9-6-10/h5-7H,3-4H2,1-2H3. The Morgan fingerprint density at radius 3 is 2.40 bits per heavy atom. The summed E-state index contributed by atoms with van der Waals surface area (Å²) < 4.78 is 2.00. The van der Waals surface area contributed by atoms with Crippen LogP contribution >= 0.6 is 0 Å². The summed E-state index contributed by atoms with van der Waals surface area (Å²) >= 11 is 0. The molecule has 0 aliphatic carbocycles. The predicted molar refractivity (Wildman–Crippen MR) is 39.5 cm³/mol. The van der Waals surface area contributed by atoms with E-state index in [4.69, 9.17) is 0 Å². The zero-order chi connectivity index (χ0) is 7.40. The molecule has 0 aliphatic rings. The van der Waals surface area contributed by atoms with Crippen LogP contribution in [0, 0.1) is 5.92 Å². The third-order valence-corrected chi connectivity index (χ3v) is 1.43. The molecule has 0 amide bonds. The van der Waals surface area contributed by atoms with Gasteiger partial charge < -0.3 is 4.57 Å². The number of aromatic nitrogens is 3. The van der Waals surface area contributed by atoms with Crippen molar-refractivity contribution in [3.63, 3.8) is 0 Å². The maximum atomic E-state index is 3.71. The van der Waals surface area contributed by atoms with Gasteiger partial charge >= 0.3 is 0 Å². The lowest BCUT2D eigenvalue weighted by atomic mass is 10.1. The van der Waals surface area contributed by atoms with Crippen molar-refractivity contribution >= 4 is 0 Å². The lowest BCUT2D eigenvalue weighted by molar-refractivity contribution is 0.515. The summed E-state index contributed by atoms with van der Waals surface area (Å²) in [5.41, 5.74) is 0. The highest BCUT2D eigenvalue weighted by molar-refractivity contribution is 4.60. The Morgan fingerprint density at radius 2 is 1.90 bits per heavy atom. The highest BCUT2D eigenvalue weighted by Gasteiger charge is 1.93. The first kappa shape index (κ1) is 7.25. The van der Waals surface area contributed by atoms with E-state index in [0.29, 0.717) is 0 Å². The van der Waals surface area contributed by atoms with E-state index in [1.165, 1.54) is 6.42 Å². The smallest absolute Gasteiger partial charge is 0.119 e. The number of hydrogen-bond donors (Lipinski definition) is 0. The molecule has 0 unspecified atom stereocenters. The molecule has 0 spiro atoms. The van der Waals surface area contributed by atoms with Crippen LogP contribution in [0.4, 0.5) is 0 Å². The van der Waals surface area contributed by atoms with Gasteiger partial charge in [-0.25, -0.2) is 0 Å². The maximum Gasteiger partial charge on any atom is 0.119 e. The molecule has 1 aromatic rings. The number of nitrogens with zero attached hydrogens (tertiary/aromatic N) is 3. The Balaban J connectivity index is 2.28. The van der Waals surface area contributed by atoms with Crippen LogP contribution in [0.1, 0.15) is 20.3 Å². The quantitative estimate of drug-likeness (QED) is 0.632. The minimum absolute atomic E-state index is 0.752. The number of aryl methyl sites for hydroxylation is 1. The molecule has 1 aromatic heterocycles. The molecule has 0 bridgehead atoms. The molecule has 56 valence electrons. The molecule has 10 heavy (non-hydrogen) atoms. The van der Waals surface area contributed by atoms with Gasteiger partial charge in [-0.2, -0.15) is 0 Å². The van der Waals surface area contributed by atoms with Crippen LogP contribution in [0.3, 0.4) is 0 Å². The molecule has 0 N–H and O–H groups in total. The van der Waals surface area contributed by atoms with Gasteiger partial charge in [0.25, 0.3) is 0 Å². The molecule has 0 aromatic carbocycles. The van der Waals surface area contributed by atoms with E-state index < -0.39 is 0 Å². The lowest BCUT2D eigenvalue weighted by Gasteiger charge is -2.02. The first-order valence-electron chi connectivity index (χ1n) is 3.61. The van der Waals surface area contributed by atoms with E-state index in [0.717, 1.165) is 12.5 Å². The van der Waals surface area contributed by atoms with E-state index >= 15 is 0 Å². The van der Waals surface area contributed by atoms with E-state index in [1.54, 1.807) is 12.7 Å². The molecule has 0 aliphatic heterocycles. The van der Waals surface area contributed by atoms with Crippen LogP contribution in [0.25, 0.3) is 0 Å². The zero-order valence-electron chi connectivity index (χ0n) is 6.49. The summed E-state index contributed by atoms with van der Waals surface area (Å²) in [4.78, 5) is 0. The Labute approximate surface area is 61.1 Å². The highest BCUT2D eigenvalue weighted by atomic mass is 15.2. The summed E-state index contributed by atoms with van der Waals surface area (Å²) in [7, 11) is 0. The molecule has 3 nitrogen and oxygen atoms in total. The van der Waals surface area contributed by atoms with Crippen LogP contribution in [0.2, 0.25) is 0 Å². The second-order valence-corrected chi connectivity index (χ2v) is 2.88. The van der Waals surface area contributed by atoms with E-state index in [2.05, 4.69) is 24.0 Å². The molecular formula is C7H13N3. The molecule has 0 radical (unpaired) electrons. The van der Waals surface area contributed by atoms with Crippen molar-refractivity contribution in [1.82, 2.24) is 14.8 Å². The van der Waals surface area contributed by atoms with Crippen LogP contribution in [0.15, 0.2) is 12.7 Å². The summed E-state index contributed by atoms with van der Waals surface area (Å²) in [5, 5.41) is 7.43. The van der Waals surface area contributed by atoms with Gasteiger partial charge in [-0.1, -0.05) is 13.8 Å². The van der Waals surface area contributed by atoms with Crippen LogP contribution in [-0.4, -0.2) is 14.8 Å². The largest absolute Gasteiger partial charge is 0.320 e. The summed E-state index contributed by atoms with van der Waals surface area (Å²) in [6.07, 6.45) is 4.70. The second-order valence-electron chi connectivity index (χ2n) is 2.88. The molecule has 1 heterocycles. The van der Waals surface area contributed by atoms with Gasteiger partial charge in [-0.15, -0.1) is 10.2 Å². The van der Waals surface area contributed by atoms with Gasteiger partial charge in [0.15, 0.2) is 0 Å². The fourth-order valence-corrected chi connectivity index (χ4v) is 0.745. The molecule has 0 fully saturated rings. The Kier molecular flexibility index (Phi) is 2.42. The Morgan fingerprint density at radius 1 is 1.30 bits per heavy atom. The lowest BCUT2D eigenvalue weighted by Crippen LogP contribution is -1.98. The highest BCUT2D eigenvalue weighted by Crippen LogP contribution is 2.00. The monoisotopic (exact) mass is 139 g/mol. The summed E-state index contributed by atoms with van der Waals surface area (Å²) in [5.74, 6) is 0.752. The number of hydrogen-bond acceptors (Lipinski definition) is 2. The molecule has 0 saturated carbocycles. The van der Waals surface area contributed by atoms with Gasteiger partial charge in [-0.05, 0) is 12.3 Å². The average Bonchev–Trinajstić information content (AvgIpc) is 2.34. The van der Waals surface area contributed by atoms with E-state index in [-0.39, 0.29) is 0 Å². The minimum atomic E-state index is 0.752. The van der Waals surface area contributed by atoms with Crippen LogP contribution < -0.4 is 0 Å². The summed E-state index contributed by atoms with van der Waals surface area (Å²) in [6.45, 7) is 5.46. The summed E-state index contributed by atoms with van der Waals surface area (Å²) in [6, 6.07) is 0. The van der Waals surface area contributed by atoms with E-state index in [9.17, 15) is 0 Å². The maximum absolute atomic E-state index is 3.71. The zero-order valence-corrected chi connectivity index (χ0v) is 6.49. The molecule has 3 heteroatoms. The number of rotatable bonds is 3. The van der Waals surface area contributed by atoms with E-state index in [1.807, 2.05) is 4.57 Å². The topological polar surface area (TPSA) is 30.7 Å². The fraction of sp³-hybridized carbons (Fsp3) is 0.714.